The first-order valence-electron chi connectivity index (χ1n) is 2.27. The van der Waals surface area contributed by atoms with Crippen molar-refractivity contribution in [2.75, 3.05) is 5.75 Å². The molecule has 0 saturated heterocycles. The summed E-state index contributed by atoms with van der Waals surface area (Å²) in [6.07, 6.45) is 0. The monoisotopic (exact) mass is 182 g/mol. The normalized spacial score (nSPS) is 12.2. The Morgan fingerprint density at radius 3 is 2.90 bits per heavy atom. The molecule has 0 amide bonds. The lowest BCUT2D eigenvalue weighted by Gasteiger charge is -2.02. The third-order valence-electron chi connectivity index (χ3n) is 0.700. The zero-order valence-electron chi connectivity index (χ0n) is 4.89. The molecule has 1 unspecified atom stereocenters. The largest absolute Gasteiger partial charge is 0.393 e. The molecule has 0 heterocycles. The molecule has 0 radical (unpaired) electrons. The number of nitrogens with two attached hydrogens (primary N) is 1. The van der Waals surface area contributed by atoms with E-state index in [0.29, 0.717) is 11.9 Å². The van der Waals surface area contributed by atoms with E-state index in [2.05, 4.69) is 21.7 Å². The van der Waals surface area contributed by atoms with Crippen LogP contribution in [0.4, 0.5) is 0 Å². The summed E-state index contributed by atoms with van der Waals surface area (Å²) >= 11 is 3.90. The fraction of sp³-hybridized carbons (Fsp3) is 0.667. The Morgan fingerprint density at radius 2 is 2.50 bits per heavy atom. The molecule has 0 aromatic rings. The van der Waals surface area contributed by atoms with Crippen molar-refractivity contribution in [1.82, 2.24) is 0 Å². The Bertz CT molecular complexity index is 131. The summed E-state index contributed by atoms with van der Waals surface area (Å²) in [6.45, 7) is 0. The Kier molecular flexibility index (Phi) is 5.36. The second-order valence-corrected chi connectivity index (χ2v) is 2.31. The van der Waals surface area contributed by atoms with Crippen LogP contribution in [0.3, 0.4) is 0 Å². The van der Waals surface area contributed by atoms with Crippen LogP contribution < -0.4 is 5.73 Å². The summed E-state index contributed by atoms with van der Waals surface area (Å²) in [6, 6.07) is -0.833. The van der Waals surface area contributed by atoms with E-state index in [-0.39, 0.29) is 5.75 Å². The lowest BCUT2D eigenvalue weighted by molar-refractivity contribution is -0.133. The molecule has 0 saturated carbocycles. The fourth-order valence-corrected chi connectivity index (χ4v) is 0.739. The highest BCUT2D eigenvalue weighted by molar-refractivity contribution is 7.97. The topological polar surface area (TPSA) is 81.8 Å². The van der Waals surface area contributed by atoms with Crippen molar-refractivity contribution in [2.45, 2.75) is 6.04 Å². The number of nitrogens with zero attached hydrogens (tertiary/aromatic N) is 1. The van der Waals surface area contributed by atoms with Gasteiger partial charge in [0.15, 0.2) is 0 Å². The Labute approximate surface area is 67.4 Å². The average Bonchev–Trinajstić information content (AvgIpc) is 1.98. The van der Waals surface area contributed by atoms with Gasteiger partial charge in [0.25, 0.3) is 0 Å². The van der Waals surface area contributed by atoms with Crippen LogP contribution in [0.15, 0.2) is 4.58 Å². The summed E-state index contributed by atoms with van der Waals surface area (Å²) in [5.74, 6) is -0.553. The predicted molar refractivity (Wildman–Crippen MR) is 41.3 cm³/mol. The summed E-state index contributed by atoms with van der Waals surface area (Å²) in [5, 5.41) is 0. The number of carbonyl (C=O) groups excluding carboxylic acids is 1. The molecule has 1 atom stereocenters. The third-order valence-corrected chi connectivity index (χ3v) is 1.49. The molecular formula is C3H6N2O3S2. The summed E-state index contributed by atoms with van der Waals surface area (Å²) in [5.41, 5.74) is 5.17. The standard InChI is InChI=1S/C3H6N2O3S2/c4-2(1-10-5-7)3(6)8-9/h2,9H,1,4H2. The zero-order chi connectivity index (χ0) is 7.98. The highest BCUT2D eigenvalue weighted by Gasteiger charge is 2.13. The molecule has 0 aliphatic rings. The maximum Gasteiger partial charge on any atom is 0.335 e. The van der Waals surface area contributed by atoms with Crippen LogP contribution in [0.5, 0.6) is 0 Å². The SMILES string of the molecule is NC(CSN=O)C(=O)OS. The van der Waals surface area contributed by atoms with E-state index in [1.165, 1.54) is 0 Å². The van der Waals surface area contributed by atoms with Crippen LogP contribution in [0.1, 0.15) is 0 Å². The third kappa shape index (κ3) is 3.70. The lowest BCUT2D eigenvalue weighted by atomic mass is 10.4. The summed E-state index contributed by atoms with van der Waals surface area (Å²) in [4.78, 5) is 19.9. The Hall–Kier alpha value is -0.270. The number of carbonyl (C=O) groups is 1. The van der Waals surface area contributed by atoms with Crippen LogP contribution in [0.2, 0.25) is 0 Å². The molecule has 58 valence electrons. The molecule has 0 aromatic heterocycles. The zero-order valence-corrected chi connectivity index (χ0v) is 6.60. The highest BCUT2D eigenvalue weighted by Crippen LogP contribution is 2.02. The van der Waals surface area contributed by atoms with Gasteiger partial charge in [0.1, 0.15) is 6.04 Å². The van der Waals surface area contributed by atoms with Crippen LogP contribution >= 0.6 is 24.9 Å². The minimum atomic E-state index is -0.833. The number of hydrogen-bond donors (Lipinski definition) is 2. The van der Waals surface area contributed by atoms with E-state index in [4.69, 9.17) is 5.73 Å². The van der Waals surface area contributed by atoms with Crippen molar-refractivity contribution in [3.8, 4) is 0 Å². The fourth-order valence-electron chi connectivity index (χ4n) is 0.246. The van der Waals surface area contributed by atoms with Crippen molar-refractivity contribution < 1.29 is 8.98 Å². The van der Waals surface area contributed by atoms with Crippen LogP contribution in [-0.4, -0.2) is 17.8 Å². The van der Waals surface area contributed by atoms with Crippen molar-refractivity contribution >= 4 is 30.8 Å². The molecule has 2 N–H and O–H groups in total. The quantitative estimate of drug-likeness (QED) is 0.279. The van der Waals surface area contributed by atoms with E-state index in [9.17, 15) is 9.70 Å². The van der Waals surface area contributed by atoms with E-state index in [1.54, 1.807) is 0 Å². The predicted octanol–water partition coefficient (Wildman–Crippen LogP) is 0.116. The van der Waals surface area contributed by atoms with Gasteiger partial charge in [0.05, 0.1) is 0 Å². The Morgan fingerprint density at radius 1 is 1.90 bits per heavy atom. The van der Waals surface area contributed by atoms with Gasteiger partial charge in [-0.15, -0.1) is 4.91 Å². The minimum Gasteiger partial charge on any atom is -0.393 e. The number of hydrogen-bond acceptors (Lipinski definition) is 7. The van der Waals surface area contributed by atoms with E-state index < -0.39 is 12.0 Å². The number of thiol groups is 1. The summed E-state index contributed by atoms with van der Waals surface area (Å²) in [7, 11) is 0. The molecule has 0 spiro atoms. The lowest BCUT2D eigenvalue weighted by Crippen LogP contribution is -2.32. The molecule has 7 heteroatoms. The Balaban J connectivity index is 3.50. The molecule has 10 heavy (non-hydrogen) atoms. The van der Waals surface area contributed by atoms with Crippen LogP contribution in [-0.2, 0) is 8.98 Å². The van der Waals surface area contributed by atoms with Crippen LogP contribution in [0.25, 0.3) is 0 Å². The molecule has 0 aromatic carbocycles. The maximum absolute atomic E-state index is 10.4. The van der Waals surface area contributed by atoms with Crippen LogP contribution in [0, 0.1) is 4.91 Å². The molecule has 5 nitrogen and oxygen atoms in total. The van der Waals surface area contributed by atoms with E-state index in [1.807, 2.05) is 0 Å². The highest BCUT2D eigenvalue weighted by atomic mass is 32.2. The first kappa shape index (κ1) is 9.73. The van der Waals surface area contributed by atoms with E-state index in [0.717, 1.165) is 0 Å². The van der Waals surface area contributed by atoms with Gasteiger partial charge < -0.3 is 9.92 Å². The summed E-state index contributed by atoms with van der Waals surface area (Å²) < 4.78 is 6.43. The van der Waals surface area contributed by atoms with Gasteiger partial charge in [-0.3, -0.25) is 0 Å². The number of nitroso groups, excluding NO2 is 1. The van der Waals surface area contributed by atoms with Gasteiger partial charge in [0.2, 0.25) is 0 Å². The molecule has 0 aliphatic heterocycles. The van der Waals surface area contributed by atoms with E-state index >= 15 is 0 Å². The first-order valence-corrected chi connectivity index (χ1v) is 3.58. The van der Waals surface area contributed by atoms with Crippen molar-refractivity contribution in [2.24, 2.45) is 10.3 Å². The second kappa shape index (κ2) is 5.51. The van der Waals surface area contributed by atoms with Crippen molar-refractivity contribution in [3.63, 3.8) is 0 Å². The molecule has 0 bridgehead atoms. The van der Waals surface area contributed by atoms with Gasteiger partial charge >= 0.3 is 5.97 Å². The number of rotatable bonds is 4. The van der Waals surface area contributed by atoms with Gasteiger partial charge in [0, 0.05) is 35.2 Å². The van der Waals surface area contributed by atoms with Gasteiger partial charge in [-0.05, 0) is 0 Å². The second-order valence-electron chi connectivity index (χ2n) is 1.39. The van der Waals surface area contributed by atoms with Crippen molar-refractivity contribution in [1.29, 1.82) is 0 Å². The van der Waals surface area contributed by atoms with Gasteiger partial charge in [-0.1, -0.05) is 0 Å². The maximum atomic E-state index is 10.4. The molecular weight excluding hydrogens is 176 g/mol. The minimum absolute atomic E-state index is 0.114. The molecule has 0 fully saturated rings. The van der Waals surface area contributed by atoms with Gasteiger partial charge in [-0.25, -0.2) is 4.79 Å². The van der Waals surface area contributed by atoms with Crippen molar-refractivity contribution in [3.05, 3.63) is 4.91 Å². The average molecular weight is 182 g/mol. The smallest absolute Gasteiger partial charge is 0.335 e. The molecule has 0 rings (SSSR count). The molecule has 0 aliphatic carbocycles. The van der Waals surface area contributed by atoms with Gasteiger partial charge in [-0.2, -0.15) is 0 Å². The first-order chi connectivity index (χ1) is 4.72.